The van der Waals surface area contributed by atoms with Crippen LogP contribution in [0.2, 0.25) is 0 Å². The van der Waals surface area contributed by atoms with Crippen LogP contribution in [0.5, 0.6) is 5.75 Å². The average molecular weight is 346 g/mol. The molecule has 0 spiro atoms. The fraction of sp³-hybridized carbons (Fsp3) is 0.619. The predicted molar refractivity (Wildman–Crippen MR) is 96.2 cm³/mol. The molecule has 0 saturated heterocycles. The minimum absolute atomic E-state index is 0.250. The van der Waals surface area contributed by atoms with Gasteiger partial charge in [-0.1, -0.05) is 0 Å². The molecule has 4 heteroatoms. The summed E-state index contributed by atoms with van der Waals surface area (Å²) in [6, 6.07) is 5.44. The minimum atomic E-state index is 0.250. The lowest BCUT2D eigenvalue weighted by atomic mass is 9.56. The molecule has 2 heterocycles. The van der Waals surface area contributed by atoms with Crippen LogP contribution < -0.4 is 4.74 Å². The van der Waals surface area contributed by atoms with Crippen LogP contribution in [0.15, 0.2) is 45.8 Å². The van der Waals surface area contributed by atoms with Crippen molar-refractivity contribution < 1.29 is 18.7 Å². The molecule has 2 aromatic heterocycles. The van der Waals surface area contributed by atoms with E-state index in [9.17, 15) is 0 Å². The van der Waals surface area contributed by atoms with E-state index in [1.54, 1.807) is 70.3 Å². The Morgan fingerprint density at radius 3 is 1.92 bits per heavy atom. The Bertz CT molecular complexity index is 482. The third-order valence-electron chi connectivity index (χ3n) is 5.46. The number of ether oxygens (including phenoxy) is 1. The van der Waals surface area contributed by atoms with Crippen LogP contribution in [-0.4, -0.2) is 11.7 Å². The molecule has 4 aliphatic rings. The lowest BCUT2D eigenvalue weighted by Crippen LogP contribution is -2.38. The summed E-state index contributed by atoms with van der Waals surface area (Å²) in [6.07, 6.45) is 14.4. The van der Waals surface area contributed by atoms with Crippen molar-refractivity contribution in [3.05, 3.63) is 42.7 Å². The van der Waals surface area contributed by atoms with E-state index in [0.717, 1.165) is 5.76 Å². The van der Waals surface area contributed by atoms with E-state index >= 15 is 0 Å². The van der Waals surface area contributed by atoms with E-state index < -0.39 is 0 Å². The third-order valence-corrected chi connectivity index (χ3v) is 5.46. The molecule has 4 bridgehead atoms. The van der Waals surface area contributed by atoms with Gasteiger partial charge >= 0.3 is 0 Å². The number of rotatable bonds is 3. The lowest BCUT2D eigenvalue weighted by Gasteiger charge is -2.49. The first-order valence-corrected chi connectivity index (χ1v) is 9.55. The molecule has 0 unspecified atom stereocenters. The van der Waals surface area contributed by atoms with Crippen LogP contribution >= 0.6 is 0 Å². The fourth-order valence-electron chi connectivity index (χ4n) is 4.87. The van der Waals surface area contributed by atoms with Crippen molar-refractivity contribution in [2.75, 3.05) is 6.61 Å². The molecule has 0 aliphatic heterocycles. The topological polar surface area (TPSA) is 55.7 Å². The monoisotopic (exact) mass is 346 g/mol. The number of aliphatic hydroxyl groups excluding tert-OH is 1. The fourth-order valence-corrected chi connectivity index (χ4v) is 4.87. The minimum Gasteiger partial charge on any atom is -0.482 e. The van der Waals surface area contributed by atoms with Gasteiger partial charge in [0.15, 0.2) is 5.75 Å². The standard InChI is InChI=1S/C10H16.C9H8O3.C2H6O/c1-7-2-9-4-8(1)5-10(3-7)6-9;1-2-8(11-4-1)7-12-9-3-5-10-6-9;1-2-3/h7-10H,1-6H2;1-6H,7H2;3H,2H2,1H3. The molecule has 0 amide bonds. The van der Waals surface area contributed by atoms with Gasteiger partial charge in [-0.3, -0.25) is 0 Å². The van der Waals surface area contributed by atoms with Gasteiger partial charge in [0.05, 0.1) is 12.5 Å². The quantitative estimate of drug-likeness (QED) is 0.821. The maximum Gasteiger partial charge on any atom is 0.158 e. The summed E-state index contributed by atoms with van der Waals surface area (Å²) >= 11 is 0. The molecule has 2 aromatic rings. The highest BCUT2D eigenvalue weighted by molar-refractivity contribution is 5.13. The Morgan fingerprint density at radius 2 is 1.52 bits per heavy atom. The second kappa shape index (κ2) is 9.14. The van der Waals surface area contributed by atoms with Crippen molar-refractivity contribution in [1.29, 1.82) is 0 Å². The largest absolute Gasteiger partial charge is 0.482 e. The van der Waals surface area contributed by atoms with Gasteiger partial charge in [0.1, 0.15) is 18.6 Å². The highest BCUT2D eigenvalue weighted by Gasteiger charge is 2.41. The molecular formula is C21H30O4. The Balaban J connectivity index is 0.000000128. The van der Waals surface area contributed by atoms with Crippen molar-refractivity contribution in [1.82, 2.24) is 0 Å². The van der Waals surface area contributed by atoms with E-state index in [1.165, 1.54) is 23.7 Å². The smallest absolute Gasteiger partial charge is 0.158 e. The van der Waals surface area contributed by atoms with Gasteiger partial charge in [-0.2, -0.15) is 0 Å². The zero-order chi connectivity index (χ0) is 17.5. The van der Waals surface area contributed by atoms with Crippen molar-refractivity contribution in [3.63, 3.8) is 0 Å². The van der Waals surface area contributed by atoms with Crippen LogP contribution in [0.4, 0.5) is 0 Å². The van der Waals surface area contributed by atoms with Crippen molar-refractivity contribution >= 4 is 0 Å². The molecule has 0 radical (unpaired) electrons. The summed E-state index contributed by atoms with van der Waals surface area (Å²) in [6.45, 7) is 2.37. The lowest BCUT2D eigenvalue weighted by molar-refractivity contribution is 0.0198. The first-order valence-electron chi connectivity index (χ1n) is 9.55. The van der Waals surface area contributed by atoms with Gasteiger partial charge in [-0.25, -0.2) is 0 Å². The number of furan rings is 2. The van der Waals surface area contributed by atoms with E-state index in [4.69, 9.17) is 18.7 Å². The van der Waals surface area contributed by atoms with Crippen LogP contribution in [0, 0.1) is 23.7 Å². The highest BCUT2D eigenvalue weighted by Crippen LogP contribution is 2.53. The molecule has 25 heavy (non-hydrogen) atoms. The molecule has 4 fully saturated rings. The Morgan fingerprint density at radius 1 is 0.960 bits per heavy atom. The number of hydrogen-bond donors (Lipinski definition) is 1. The molecule has 1 N–H and O–H groups in total. The van der Waals surface area contributed by atoms with E-state index in [-0.39, 0.29) is 6.61 Å². The SMILES string of the molecule is C1C2CC3CC1CC(C2)C3.CCO.c1coc(COc2ccoc2)c1. The molecule has 138 valence electrons. The Kier molecular flexibility index (Phi) is 6.62. The van der Waals surface area contributed by atoms with Crippen LogP contribution in [-0.2, 0) is 6.61 Å². The molecule has 4 nitrogen and oxygen atoms in total. The normalized spacial score (nSPS) is 28.6. The van der Waals surface area contributed by atoms with Gasteiger partial charge in [0.25, 0.3) is 0 Å². The Labute approximate surface area is 150 Å². The van der Waals surface area contributed by atoms with Crippen molar-refractivity contribution in [3.8, 4) is 5.75 Å². The van der Waals surface area contributed by atoms with E-state index in [1.807, 2.05) is 12.1 Å². The van der Waals surface area contributed by atoms with E-state index in [0.29, 0.717) is 12.4 Å². The first-order chi connectivity index (χ1) is 12.3. The summed E-state index contributed by atoms with van der Waals surface area (Å²) in [5.41, 5.74) is 0. The summed E-state index contributed by atoms with van der Waals surface area (Å²) in [5, 5.41) is 7.57. The van der Waals surface area contributed by atoms with Gasteiger partial charge in [0, 0.05) is 12.7 Å². The average Bonchev–Trinajstić information content (AvgIpc) is 3.27. The van der Waals surface area contributed by atoms with Gasteiger partial charge in [0.2, 0.25) is 0 Å². The molecule has 0 atom stereocenters. The van der Waals surface area contributed by atoms with Crippen molar-refractivity contribution in [2.45, 2.75) is 52.1 Å². The van der Waals surface area contributed by atoms with E-state index in [2.05, 4.69) is 0 Å². The van der Waals surface area contributed by atoms with Gasteiger partial charge < -0.3 is 18.7 Å². The summed E-state index contributed by atoms with van der Waals surface area (Å²) in [5.74, 6) is 6.22. The maximum absolute atomic E-state index is 7.57. The third kappa shape index (κ3) is 5.40. The first kappa shape index (κ1) is 18.1. The number of hydrogen-bond acceptors (Lipinski definition) is 4. The van der Waals surface area contributed by atoms with Crippen LogP contribution in [0.3, 0.4) is 0 Å². The van der Waals surface area contributed by atoms with Crippen molar-refractivity contribution in [2.24, 2.45) is 23.7 Å². The van der Waals surface area contributed by atoms with Crippen LogP contribution in [0.25, 0.3) is 0 Å². The summed E-state index contributed by atoms with van der Waals surface area (Å²) in [4.78, 5) is 0. The van der Waals surface area contributed by atoms with Gasteiger partial charge in [-0.15, -0.1) is 0 Å². The second-order valence-corrected chi connectivity index (χ2v) is 7.52. The van der Waals surface area contributed by atoms with Gasteiger partial charge in [-0.05, 0) is 81.3 Å². The predicted octanol–water partition coefficient (Wildman–Crippen LogP) is 5.28. The maximum atomic E-state index is 7.57. The molecular weight excluding hydrogens is 316 g/mol. The number of aliphatic hydroxyl groups is 1. The summed E-state index contributed by atoms with van der Waals surface area (Å²) < 4.78 is 15.2. The summed E-state index contributed by atoms with van der Waals surface area (Å²) in [7, 11) is 0. The molecule has 4 saturated carbocycles. The second-order valence-electron chi connectivity index (χ2n) is 7.52. The molecule has 0 aromatic carbocycles. The molecule has 4 aliphatic carbocycles. The zero-order valence-corrected chi connectivity index (χ0v) is 15.1. The zero-order valence-electron chi connectivity index (χ0n) is 15.1. The van der Waals surface area contributed by atoms with Crippen LogP contribution in [0.1, 0.15) is 51.2 Å². The highest BCUT2D eigenvalue weighted by atomic mass is 16.5. The molecule has 6 rings (SSSR count). The Hall–Kier alpha value is -1.68.